The summed E-state index contributed by atoms with van der Waals surface area (Å²) in [5, 5.41) is 3.60. The number of nitrogens with zero attached hydrogens (tertiary/aromatic N) is 1. The first-order chi connectivity index (χ1) is 12.2. The zero-order valence-electron chi connectivity index (χ0n) is 14.5. The monoisotopic (exact) mass is 354 g/mol. The molecule has 4 nitrogen and oxygen atoms in total. The van der Waals surface area contributed by atoms with E-state index in [0.29, 0.717) is 10.8 Å². The molecule has 0 aliphatic rings. The number of amides is 1. The average Bonchev–Trinajstić information content (AvgIpc) is 3.05. The summed E-state index contributed by atoms with van der Waals surface area (Å²) in [5.41, 5.74) is 4.69. The summed E-state index contributed by atoms with van der Waals surface area (Å²) >= 11 is 1.56. The lowest BCUT2D eigenvalue weighted by molar-refractivity contribution is 0.0953. The number of thioether (sulfide) groups is 1. The molecule has 0 aliphatic heterocycles. The quantitative estimate of drug-likeness (QED) is 0.481. The van der Waals surface area contributed by atoms with Crippen molar-refractivity contribution >= 4 is 28.8 Å². The van der Waals surface area contributed by atoms with Gasteiger partial charge in [-0.05, 0) is 42.7 Å². The standard InChI is InChI=1S/C20H22N2O2S/c1-3-4-12-21-19(23)16-10-8-15(9-11-16)13-25-20-22-18-14(2)6-5-7-17(18)24-20/h5-11H,3-4,12-13H2,1-2H3,(H,21,23). The van der Waals surface area contributed by atoms with Gasteiger partial charge in [0.2, 0.25) is 0 Å². The Hall–Kier alpha value is -2.27. The fourth-order valence-corrected chi connectivity index (χ4v) is 3.29. The number of hydrogen-bond acceptors (Lipinski definition) is 4. The third kappa shape index (κ3) is 4.42. The summed E-state index contributed by atoms with van der Waals surface area (Å²) in [5.74, 6) is 0.742. The Morgan fingerprint density at radius 3 is 2.72 bits per heavy atom. The van der Waals surface area contributed by atoms with Crippen LogP contribution < -0.4 is 5.32 Å². The summed E-state index contributed by atoms with van der Waals surface area (Å²) < 4.78 is 5.78. The lowest BCUT2D eigenvalue weighted by Crippen LogP contribution is -2.24. The van der Waals surface area contributed by atoms with Crippen molar-refractivity contribution in [2.24, 2.45) is 0 Å². The molecule has 0 fully saturated rings. The van der Waals surface area contributed by atoms with Crippen LogP contribution in [0.2, 0.25) is 0 Å². The van der Waals surface area contributed by atoms with Gasteiger partial charge in [0.05, 0.1) is 0 Å². The van der Waals surface area contributed by atoms with Gasteiger partial charge < -0.3 is 9.73 Å². The van der Waals surface area contributed by atoms with Gasteiger partial charge in [0.15, 0.2) is 5.58 Å². The minimum absolute atomic E-state index is 0.0120. The van der Waals surface area contributed by atoms with Crippen LogP contribution in [0.15, 0.2) is 52.1 Å². The fourth-order valence-electron chi connectivity index (χ4n) is 2.51. The van der Waals surface area contributed by atoms with E-state index >= 15 is 0 Å². The number of para-hydroxylation sites is 1. The van der Waals surface area contributed by atoms with Crippen molar-refractivity contribution in [3.8, 4) is 0 Å². The van der Waals surface area contributed by atoms with Gasteiger partial charge >= 0.3 is 0 Å². The molecule has 3 aromatic rings. The molecule has 2 aromatic carbocycles. The van der Waals surface area contributed by atoms with Gasteiger partial charge in [-0.25, -0.2) is 4.98 Å². The first kappa shape index (κ1) is 17.5. The number of oxazole rings is 1. The number of carbonyl (C=O) groups excluding carboxylic acids is 1. The summed E-state index contributed by atoms with van der Waals surface area (Å²) in [6, 6.07) is 13.6. The van der Waals surface area contributed by atoms with Crippen LogP contribution in [0.1, 0.15) is 41.3 Å². The number of aryl methyl sites for hydroxylation is 1. The molecule has 25 heavy (non-hydrogen) atoms. The van der Waals surface area contributed by atoms with Crippen LogP contribution >= 0.6 is 11.8 Å². The Balaban J connectivity index is 1.59. The first-order valence-corrected chi connectivity index (χ1v) is 9.52. The summed E-state index contributed by atoms with van der Waals surface area (Å²) in [4.78, 5) is 16.5. The highest BCUT2D eigenvalue weighted by Crippen LogP contribution is 2.27. The van der Waals surface area contributed by atoms with E-state index in [-0.39, 0.29) is 5.91 Å². The molecule has 3 rings (SSSR count). The van der Waals surface area contributed by atoms with Crippen molar-refractivity contribution in [1.29, 1.82) is 0 Å². The van der Waals surface area contributed by atoms with Crippen LogP contribution in [0.5, 0.6) is 0 Å². The number of nitrogens with one attached hydrogen (secondary N) is 1. The van der Waals surface area contributed by atoms with E-state index in [1.807, 2.05) is 49.4 Å². The largest absolute Gasteiger partial charge is 0.431 e. The van der Waals surface area contributed by atoms with E-state index in [0.717, 1.165) is 47.4 Å². The van der Waals surface area contributed by atoms with E-state index < -0.39 is 0 Å². The molecule has 0 saturated carbocycles. The van der Waals surface area contributed by atoms with Gasteiger partial charge in [0.25, 0.3) is 11.1 Å². The fraction of sp³-hybridized carbons (Fsp3) is 0.300. The Kier molecular flexibility index (Phi) is 5.76. The highest BCUT2D eigenvalue weighted by Gasteiger charge is 2.09. The van der Waals surface area contributed by atoms with Crippen LogP contribution in [0.3, 0.4) is 0 Å². The smallest absolute Gasteiger partial charge is 0.257 e. The molecule has 1 N–H and O–H groups in total. The molecule has 0 bridgehead atoms. The second-order valence-electron chi connectivity index (χ2n) is 6.00. The normalized spacial score (nSPS) is 11.0. The zero-order valence-corrected chi connectivity index (χ0v) is 15.4. The molecule has 1 heterocycles. The lowest BCUT2D eigenvalue weighted by atomic mass is 10.1. The van der Waals surface area contributed by atoms with Crippen molar-refractivity contribution in [3.05, 3.63) is 59.2 Å². The molecular weight excluding hydrogens is 332 g/mol. The SMILES string of the molecule is CCCCNC(=O)c1ccc(CSc2nc3c(C)cccc3o2)cc1. The molecule has 0 unspecified atom stereocenters. The maximum Gasteiger partial charge on any atom is 0.257 e. The van der Waals surface area contributed by atoms with Crippen molar-refractivity contribution in [2.75, 3.05) is 6.54 Å². The molecule has 0 atom stereocenters. The number of aromatic nitrogens is 1. The Morgan fingerprint density at radius 1 is 1.20 bits per heavy atom. The number of unbranched alkanes of at least 4 members (excludes halogenated alkanes) is 1. The number of rotatable bonds is 7. The van der Waals surface area contributed by atoms with E-state index in [4.69, 9.17) is 4.42 Å². The van der Waals surface area contributed by atoms with Crippen molar-refractivity contribution in [3.63, 3.8) is 0 Å². The van der Waals surface area contributed by atoms with Crippen LogP contribution in [-0.4, -0.2) is 17.4 Å². The van der Waals surface area contributed by atoms with Gasteiger partial charge in [-0.2, -0.15) is 0 Å². The van der Waals surface area contributed by atoms with Crippen molar-refractivity contribution < 1.29 is 9.21 Å². The minimum Gasteiger partial charge on any atom is -0.431 e. The Labute approximate surface area is 152 Å². The van der Waals surface area contributed by atoms with Crippen LogP contribution in [0, 0.1) is 6.92 Å². The Bertz CT molecular complexity index is 856. The predicted octanol–water partition coefficient (Wildman–Crippen LogP) is 4.96. The number of benzene rings is 2. The van der Waals surface area contributed by atoms with Crippen LogP contribution in [0.4, 0.5) is 0 Å². The molecule has 1 aromatic heterocycles. The minimum atomic E-state index is -0.0120. The number of hydrogen-bond donors (Lipinski definition) is 1. The number of fused-ring (bicyclic) bond motifs is 1. The maximum absolute atomic E-state index is 12.0. The summed E-state index contributed by atoms with van der Waals surface area (Å²) in [7, 11) is 0. The third-order valence-corrected chi connectivity index (χ3v) is 4.89. The molecule has 1 amide bonds. The zero-order chi connectivity index (χ0) is 17.6. The summed E-state index contributed by atoms with van der Waals surface area (Å²) in [6.07, 6.45) is 2.08. The molecule has 0 radical (unpaired) electrons. The number of carbonyl (C=O) groups is 1. The van der Waals surface area contributed by atoms with Crippen molar-refractivity contribution in [2.45, 2.75) is 37.7 Å². The predicted molar refractivity (Wildman–Crippen MR) is 102 cm³/mol. The second-order valence-corrected chi connectivity index (χ2v) is 6.92. The third-order valence-electron chi connectivity index (χ3n) is 4.00. The highest BCUT2D eigenvalue weighted by molar-refractivity contribution is 7.98. The van der Waals surface area contributed by atoms with Gasteiger partial charge in [-0.3, -0.25) is 4.79 Å². The van der Waals surface area contributed by atoms with Crippen LogP contribution in [-0.2, 0) is 5.75 Å². The second kappa shape index (κ2) is 8.21. The topological polar surface area (TPSA) is 55.1 Å². The molecule has 0 saturated heterocycles. The van der Waals surface area contributed by atoms with Crippen molar-refractivity contribution in [1.82, 2.24) is 10.3 Å². The van der Waals surface area contributed by atoms with Crippen LogP contribution in [0.25, 0.3) is 11.1 Å². The lowest BCUT2D eigenvalue weighted by Gasteiger charge is -2.05. The molecule has 5 heteroatoms. The Morgan fingerprint density at radius 2 is 2.00 bits per heavy atom. The first-order valence-electron chi connectivity index (χ1n) is 8.53. The van der Waals surface area contributed by atoms with Gasteiger partial charge in [-0.15, -0.1) is 0 Å². The summed E-state index contributed by atoms with van der Waals surface area (Å²) in [6.45, 7) is 4.87. The average molecular weight is 354 g/mol. The van der Waals surface area contributed by atoms with E-state index in [1.54, 1.807) is 11.8 Å². The molecular formula is C20H22N2O2S. The maximum atomic E-state index is 12.0. The van der Waals surface area contributed by atoms with E-state index in [9.17, 15) is 4.79 Å². The molecule has 0 aliphatic carbocycles. The van der Waals surface area contributed by atoms with Gasteiger partial charge in [-0.1, -0.05) is 49.4 Å². The van der Waals surface area contributed by atoms with Gasteiger partial charge in [0.1, 0.15) is 5.52 Å². The van der Waals surface area contributed by atoms with E-state index in [1.165, 1.54) is 0 Å². The van der Waals surface area contributed by atoms with E-state index in [2.05, 4.69) is 17.2 Å². The molecule has 130 valence electrons. The van der Waals surface area contributed by atoms with Gasteiger partial charge in [0, 0.05) is 17.9 Å². The highest BCUT2D eigenvalue weighted by atomic mass is 32.2. The molecule has 0 spiro atoms.